The minimum Gasteiger partial charge on any atom is -0.384 e. The number of carbonyl (C=O) groups excluding carboxylic acids is 1. The standard InChI is InChI=1S/C14H19F3N2O2/c1-3-19-12(20)8-18-9-13(2,21)10-5-4-6-11(7-10)14(15,16)17/h4-7,18,21H,3,8-9H2,1-2H3,(H,19,20). The van der Waals surface area contributed by atoms with Gasteiger partial charge in [-0.3, -0.25) is 4.79 Å². The van der Waals surface area contributed by atoms with Crippen molar-refractivity contribution in [3.63, 3.8) is 0 Å². The van der Waals surface area contributed by atoms with E-state index in [1.165, 1.54) is 19.1 Å². The first-order valence-corrected chi connectivity index (χ1v) is 6.54. The van der Waals surface area contributed by atoms with Crippen molar-refractivity contribution < 1.29 is 23.1 Å². The predicted octanol–water partition coefficient (Wildman–Crippen LogP) is 1.64. The lowest BCUT2D eigenvalue weighted by Gasteiger charge is -2.25. The molecule has 0 saturated heterocycles. The van der Waals surface area contributed by atoms with Crippen LogP contribution in [0.4, 0.5) is 13.2 Å². The number of aliphatic hydroxyl groups is 1. The van der Waals surface area contributed by atoms with Gasteiger partial charge in [0.05, 0.1) is 17.7 Å². The lowest BCUT2D eigenvalue weighted by molar-refractivity contribution is -0.137. The summed E-state index contributed by atoms with van der Waals surface area (Å²) in [4.78, 5) is 11.2. The number of halogens is 3. The summed E-state index contributed by atoms with van der Waals surface area (Å²) >= 11 is 0. The van der Waals surface area contributed by atoms with E-state index < -0.39 is 17.3 Å². The second-order valence-corrected chi connectivity index (χ2v) is 4.91. The molecule has 0 heterocycles. The van der Waals surface area contributed by atoms with Crippen molar-refractivity contribution in [2.75, 3.05) is 19.6 Å². The predicted molar refractivity (Wildman–Crippen MR) is 72.6 cm³/mol. The smallest absolute Gasteiger partial charge is 0.384 e. The zero-order valence-electron chi connectivity index (χ0n) is 11.9. The molecule has 0 aliphatic heterocycles. The summed E-state index contributed by atoms with van der Waals surface area (Å²) < 4.78 is 37.9. The van der Waals surface area contributed by atoms with Gasteiger partial charge in [-0.1, -0.05) is 12.1 Å². The van der Waals surface area contributed by atoms with Crippen LogP contribution in [0.5, 0.6) is 0 Å². The van der Waals surface area contributed by atoms with E-state index in [9.17, 15) is 23.1 Å². The van der Waals surface area contributed by atoms with Gasteiger partial charge in [0.25, 0.3) is 0 Å². The number of amides is 1. The zero-order chi connectivity index (χ0) is 16.1. The van der Waals surface area contributed by atoms with Crippen LogP contribution in [0.3, 0.4) is 0 Å². The van der Waals surface area contributed by atoms with Crippen LogP contribution >= 0.6 is 0 Å². The van der Waals surface area contributed by atoms with Crippen LogP contribution in [0, 0.1) is 0 Å². The molecule has 1 rings (SSSR count). The van der Waals surface area contributed by atoms with E-state index in [0.717, 1.165) is 12.1 Å². The minimum absolute atomic E-state index is 0.0110. The van der Waals surface area contributed by atoms with Gasteiger partial charge in [-0.15, -0.1) is 0 Å². The first-order valence-electron chi connectivity index (χ1n) is 6.54. The molecule has 0 aliphatic rings. The second kappa shape index (κ2) is 6.91. The van der Waals surface area contributed by atoms with E-state index in [4.69, 9.17) is 0 Å². The highest BCUT2D eigenvalue weighted by Crippen LogP contribution is 2.31. The van der Waals surface area contributed by atoms with Crippen molar-refractivity contribution >= 4 is 5.91 Å². The summed E-state index contributed by atoms with van der Waals surface area (Å²) in [5.74, 6) is -0.239. The Hall–Kier alpha value is -1.60. The normalized spacial score (nSPS) is 14.6. The molecule has 3 N–H and O–H groups in total. The Bertz CT molecular complexity index is 487. The monoisotopic (exact) mass is 304 g/mol. The molecule has 1 atom stereocenters. The molecule has 1 unspecified atom stereocenters. The van der Waals surface area contributed by atoms with E-state index in [2.05, 4.69) is 10.6 Å². The summed E-state index contributed by atoms with van der Waals surface area (Å²) in [5, 5.41) is 15.5. The number of alkyl halides is 3. The van der Waals surface area contributed by atoms with Gasteiger partial charge >= 0.3 is 6.18 Å². The average Bonchev–Trinajstić information content (AvgIpc) is 2.38. The Kier molecular flexibility index (Phi) is 5.74. The number of rotatable bonds is 6. The van der Waals surface area contributed by atoms with Crippen LogP contribution in [0.2, 0.25) is 0 Å². The third-order valence-electron chi connectivity index (χ3n) is 2.94. The van der Waals surface area contributed by atoms with Gasteiger partial charge in [0.2, 0.25) is 5.91 Å². The Morgan fingerprint density at radius 3 is 2.48 bits per heavy atom. The largest absolute Gasteiger partial charge is 0.416 e. The van der Waals surface area contributed by atoms with Gasteiger partial charge in [0.1, 0.15) is 0 Å². The molecule has 1 aromatic carbocycles. The SMILES string of the molecule is CCNC(=O)CNCC(C)(O)c1cccc(C(F)(F)F)c1. The number of benzene rings is 1. The quantitative estimate of drug-likeness (QED) is 0.749. The topological polar surface area (TPSA) is 61.4 Å². The van der Waals surface area contributed by atoms with E-state index in [1.54, 1.807) is 6.92 Å². The zero-order valence-corrected chi connectivity index (χ0v) is 11.9. The lowest BCUT2D eigenvalue weighted by atomic mass is 9.94. The molecular formula is C14H19F3N2O2. The fourth-order valence-corrected chi connectivity index (χ4v) is 1.81. The highest BCUT2D eigenvalue weighted by atomic mass is 19.4. The van der Waals surface area contributed by atoms with Gasteiger partial charge in [-0.25, -0.2) is 0 Å². The molecule has 0 bridgehead atoms. The van der Waals surface area contributed by atoms with Crippen molar-refractivity contribution in [1.82, 2.24) is 10.6 Å². The maximum Gasteiger partial charge on any atom is 0.416 e. The lowest BCUT2D eigenvalue weighted by Crippen LogP contribution is -2.41. The van der Waals surface area contributed by atoms with Crippen molar-refractivity contribution in [3.8, 4) is 0 Å². The summed E-state index contributed by atoms with van der Waals surface area (Å²) in [6.45, 7) is 3.61. The molecule has 0 radical (unpaired) electrons. The van der Waals surface area contributed by atoms with Crippen molar-refractivity contribution in [2.45, 2.75) is 25.6 Å². The van der Waals surface area contributed by atoms with Crippen molar-refractivity contribution in [2.24, 2.45) is 0 Å². The summed E-state index contributed by atoms with van der Waals surface area (Å²) in [7, 11) is 0. The molecule has 0 aromatic heterocycles. The third-order valence-corrected chi connectivity index (χ3v) is 2.94. The molecule has 0 fully saturated rings. The van der Waals surface area contributed by atoms with Crippen molar-refractivity contribution in [3.05, 3.63) is 35.4 Å². The molecule has 0 saturated carbocycles. The van der Waals surface area contributed by atoms with Gasteiger partial charge in [0.15, 0.2) is 0 Å². The number of carbonyl (C=O) groups is 1. The molecule has 118 valence electrons. The van der Waals surface area contributed by atoms with Crippen LogP contribution < -0.4 is 10.6 Å². The highest BCUT2D eigenvalue weighted by Gasteiger charge is 2.32. The summed E-state index contributed by atoms with van der Waals surface area (Å²) in [5.41, 5.74) is -2.18. The Balaban J connectivity index is 2.72. The third kappa shape index (κ3) is 5.35. The number of hydrogen-bond donors (Lipinski definition) is 3. The van der Waals surface area contributed by atoms with Gasteiger partial charge < -0.3 is 15.7 Å². The summed E-state index contributed by atoms with van der Waals surface area (Å²) in [6.07, 6.45) is -4.46. The number of likely N-dealkylation sites (N-methyl/N-ethyl adjacent to an activating group) is 1. The van der Waals surface area contributed by atoms with Crippen LogP contribution in [0.25, 0.3) is 0 Å². The number of hydrogen-bond acceptors (Lipinski definition) is 3. The molecule has 0 spiro atoms. The van der Waals surface area contributed by atoms with E-state index in [1.807, 2.05) is 0 Å². The Morgan fingerprint density at radius 2 is 1.90 bits per heavy atom. The Morgan fingerprint density at radius 1 is 1.29 bits per heavy atom. The van der Waals surface area contributed by atoms with Gasteiger partial charge in [-0.05, 0) is 31.5 Å². The molecule has 1 aromatic rings. The fraction of sp³-hybridized carbons (Fsp3) is 0.500. The molecule has 4 nitrogen and oxygen atoms in total. The second-order valence-electron chi connectivity index (χ2n) is 4.91. The summed E-state index contributed by atoms with van der Waals surface area (Å²) in [6, 6.07) is 4.52. The van der Waals surface area contributed by atoms with Gasteiger partial charge in [-0.2, -0.15) is 13.2 Å². The molecule has 7 heteroatoms. The molecule has 1 amide bonds. The van der Waals surface area contributed by atoms with E-state index in [0.29, 0.717) is 6.54 Å². The highest BCUT2D eigenvalue weighted by molar-refractivity contribution is 5.77. The van der Waals surface area contributed by atoms with Crippen LogP contribution in [0.15, 0.2) is 24.3 Å². The van der Waals surface area contributed by atoms with E-state index in [-0.39, 0.29) is 24.6 Å². The van der Waals surface area contributed by atoms with Crippen LogP contribution in [0.1, 0.15) is 25.0 Å². The molecule has 0 aliphatic carbocycles. The average molecular weight is 304 g/mol. The number of nitrogens with one attached hydrogen (secondary N) is 2. The molecule has 21 heavy (non-hydrogen) atoms. The first kappa shape index (κ1) is 17.5. The fourth-order valence-electron chi connectivity index (χ4n) is 1.81. The van der Waals surface area contributed by atoms with Gasteiger partial charge in [0, 0.05) is 13.1 Å². The Labute approximate surface area is 121 Å². The minimum atomic E-state index is -4.46. The van der Waals surface area contributed by atoms with Crippen molar-refractivity contribution in [1.29, 1.82) is 0 Å². The maximum atomic E-state index is 12.6. The molecular weight excluding hydrogens is 285 g/mol. The van der Waals surface area contributed by atoms with E-state index >= 15 is 0 Å². The van der Waals surface area contributed by atoms with Crippen LogP contribution in [-0.4, -0.2) is 30.6 Å². The van der Waals surface area contributed by atoms with Crippen LogP contribution in [-0.2, 0) is 16.6 Å². The maximum absolute atomic E-state index is 12.6. The first-order chi connectivity index (χ1) is 9.66.